The average Bonchev–Trinajstić information content (AvgIpc) is 2.68. The van der Waals surface area contributed by atoms with Gasteiger partial charge in [-0.05, 0) is 30.7 Å². The molecule has 0 bridgehead atoms. The van der Waals surface area contributed by atoms with Crippen molar-refractivity contribution in [3.05, 3.63) is 53.6 Å². The Morgan fingerprint density at radius 2 is 1.93 bits per heavy atom. The highest BCUT2D eigenvalue weighted by Gasteiger charge is 2.38. The van der Waals surface area contributed by atoms with Crippen molar-refractivity contribution in [2.75, 3.05) is 18.6 Å². The topological polar surface area (TPSA) is 90.3 Å². The maximum Gasteiger partial charge on any atom is 0.326 e. The fraction of sp³-hybridized carbons (Fsp3) is 0.300. The Bertz CT molecular complexity index is 853. The second-order valence-electron chi connectivity index (χ2n) is 6.30. The van der Waals surface area contributed by atoms with Gasteiger partial charge < -0.3 is 19.8 Å². The number of ether oxygens (including phenoxy) is 1. The first kappa shape index (κ1) is 18.6. The second-order valence-corrected chi connectivity index (χ2v) is 6.30. The average molecular weight is 370 g/mol. The summed E-state index contributed by atoms with van der Waals surface area (Å²) in [4.78, 5) is 27.9. The quantitative estimate of drug-likeness (QED) is 0.864. The minimum atomic E-state index is -1.11. The van der Waals surface area contributed by atoms with Gasteiger partial charge in [0.05, 0.1) is 7.11 Å². The molecule has 3 rings (SSSR count). The molecule has 7 heteroatoms. The summed E-state index contributed by atoms with van der Waals surface area (Å²) in [5.41, 5.74) is 1.93. The number of carbonyl (C=O) groups is 2. The first-order chi connectivity index (χ1) is 13.0. The molecule has 1 aliphatic rings. The minimum Gasteiger partial charge on any atom is -0.504 e. The summed E-state index contributed by atoms with van der Waals surface area (Å²) in [6, 6.07) is 11.1. The third kappa shape index (κ3) is 3.40. The molecule has 0 radical (unpaired) electrons. The lowest BCUT2D eigenvalue weighted by atomic mass is 9.93. The smallest absolute Gasteiger partial charge is 0.326 e. The predicted octanol–water partition coefficient (Wildman–Crippen LogP) is 2.86. The van der Waals surface area contributed by atoms with Crippen LogP contribution in [0, 0.1) is 0 Å². The first-order valence-corrected chi connectivity index (χ1v) is 8.71. The third-order valence-electron chi connectivity index (χ3n) is 4.82. The molecule has 2 amide bonds. The van der Waals surface area contributed by atoms with E-state index in [9.17, 15) is 19.8 Å². The number of rotatable bonds is 4. The van der Waals surface area contributed by atoms with Crippen LogP contribution >= 0.6 is 0 Å². The molecule has 0 saturated carbocycles. The van der Waals surface area contributed by atoms with Crippen molar-refractivity contribution in [3.8, 4) is 11.5 Å². The number of urea groups is 1. The molecule has 0 spiro atoms. The summed E-state index contributed by atoms with van der Waals surface area (Å²) >= 11 is 0. The number of carboxylic acids is 1. The van der Waals surface area contributed by atoms with Gasteiger partial charge in [0.15, 0.2) is 11.5 Å². The van der Waals surface area contributed by atoms with E-state index in [1.807, 2.05) is 37.3 Å². The maximum atomic E-state index is 13.2. The van der Waals surface area contributed by atoms with Gasteiger partial charge in [-0.2, -0.15) is 0 Å². The van der Waals surface area contributed by atoms with Crippen LogP contribution in [0.15, 0.2) is 42.5 Å². The van der Waals surface area contributed by atoms with Crippen LogP contribution in [-0.2, 0) is 17.8 Å². The largest absolute Gasteiger partial charge is 0.504 e. The Morgan fingerprint density at radius 3 is 2.52 bits per heavy atom. The van der Waals surface area contributed by atoms with E-state index in [1.54, 1.807) is 17.0 Å². The van der Waals surface area contributed by atoms with Crippen molar-refractivity contribution >= 4 is 17.7 Å². The standard InChI is InChI=1S/C20H22N2O5/c1-3-21(14-7-5-4-6-8-14)20(26)22-12-13-9-10-17(27-2)18(23)15(13)11-16(22)19(24)25/h4-10,16,23H,3,11-12H2,1-2H3,(H,24,25). The molecule has 2 aromatic carbocycles. The van der Waals surface area contributed by atoms with E-state index in [1.165, 1.54) is 12.0 Å². The molecular formula is C20H22N2O5. The van der Waals surface area contributed by atoms with Gasteiger partial charge in [-0.3, -0.25) is 4.90 Å². The maximum absolute atomic E-state index is 13.2. The molecule has 1 aliphatic heterocycles. The van der Waals surface area contributed by atoms with Crippen LogP contribution in [0.2, 0.25) is 0 Å². The van der Waals surface area contributed by atoms with Gasteiger partial charge in [0, 0.05) is 30.8 Å². The predicted molar refractivity (Wildman–Crippen MR) is 100 cm³/mol. The van der Waals surface area contributed by atoms with Crippen LogP contribution in [0.25, 0.3) is 0 Å². The van der Waals surface area contributed by atoms with E-state index in [2.05, 4.69) is 0 Å². The Labute approximate surface area is 157 Å². The highest BCUT2D eigenvalue weighted by molar-refractivity contribution is 5.95. The fourth-order valence-electron chi connectivity index (χ4n) is 3.41. The number of carbonyl (C=O) groups excluding carboxylic acids is 1. The zero-order valence-electron chi connectivity index (χ0n) is 15.3. The third-order valence-corrected chi connectivity index (χ3v) is 4.82. The van der Waals surface area contributed by atoms with Gasteiger partial charge in [0.1, 0.15) is 6.04 Å². The van der Waals surface area contributed by atoms with Gasteiger partial charge in [-0.1, -0.05) is 24.3 Å². The van der Waals surface area contributed by atoms with Crippen LogP contribution in [0.3, 0.4) is 0 Å². The molecule has 142 valence electrons. The van der Waals surface area contributed by atoms with Crippen molar-refractivity contribution in [3.63, 3.8) is 0 Å². The van der Waals surface area contributed by atoms with Crippen molar-refractivity contribution in [1.29, 1.82) is 0 Å². The Hall–Kier alpha value is -3.22. The lowest BCUT2D eigenvalue weighted by Gasteiger charge is -2.38. The molecule has 1 unspecified atom stereocenters. The van der Waals surface area contributed by atoms with Crippen LogP contribution in [0.1, 0.15) is 18.1 Å². The summed E-state index contributed by atoms with van der Waals surface area (Å²) in [6.07, 6.45) is 0.0196. The highest BCUT2D eigenvalue weighted by atomic mass is 16.5. The van der Waals surface area contributed by atoms with Gasteiger partial charge in [0.25, 0.3) is 0 Å². The Morgan fingerprint density at radius 1 is 1.22 bits per heavy atom. The molecule has 1 heterocycles. The van der Waals surface area contributed by atoms with E-state index in [0.717, 1.165) is 0 Å². The lowest BCUT2D eigenvalue weighted by Crippen LogP contribution is -2.53. The summed E-state index contributed by atoms with van der Waals surface area (Å²) in [7, 11) is 1.44. The van der Waals surface area contributed by atoms with Crippen LogP contribution in [0.5, 0.6) is 11.5 Å². The number of nitrogens with zero attached hydrogens (tertiary/aromatic N) is 2. The fourth-order valence-corrected chi connectivity index (χ4v) is 3.41. The number of aromatic hydroxyl groups is 1. The molecule has 0 aromatic heterocycles. The number of benzene rings is 2. The second kappa shape index (κ2) is 7.57. The van der Waals surface area contributed by atoms with Crippen molar-refractivity contribution in [2.45, 2.75) is 25.9 Å². The molecule has 0 aliphatic carbocycles. The number of hydrogen-bond donors (Lipinski definition) is 2. The summed E-state index contributed by atoms with van der Waals surface area (Å²) in [5, 5.41) is 20.1. The molecule has 0 fully saturated rings. The zero-order valence-corrected chi connectivity index (χ0v) is 15.3. The number of phenols is 1. The number of hydrogen-bond acceptors (Lipinski definition) is 4. The van der Waals surface area contributed by atoms with Gasteiger partial charge in [0.2, 0.25) is 0 Å². The number of fused-ring (bicyclic) bond motifs is 1. The number of amides is 2. The summed E-state index contributed by atoms with van der Waals surface area (Å²) in [5.74, 6) is -0.888. The molecule has 0 saturated heterocycles. The van der Waals surface area contributed by atoms with Crippen molar-refractivity contribution in [1.82, 2.24) is 4.90 Å². The van der Waals surface area contributed by atoms with E-state index in [0.29, 0.717) is 23.4 Å². The monoisotopic (exact) mass is 370 g/mol. The number of methoxy groups -OCH3 is 1. The van der Waals surface area contributed by atoms with Crippen LogP contribution in [0.4, 0.5) is 10.5 Å². The number of carboxylic acid groups (broad SMARTS) is 1. The Balaban J connectivity index is 1.98. The van der Waals surface area contributed by atoms with Crippen molar-refractivity contribution in [2.24, 2.45) is 0 Å². The SMILES string of the molecule is CCN(C(=O)N1Cc2ccc(OC)c(O)c2CC1C(=O)O)c1ccccc1. The van der Waals surface area contributed by atoms with Gasteiger partial charge in [-0.15, -0.1) is 0 Å². The Kier molecular flexibility index (Phi) is 5.21. The molecule has 27 heavy (non-hydrogen) atoms. The molecule has 2 N–H and O–H groups in total. The zero-order chi connectivity index (χ0) is 19.6. The van der Waals surface area contributed by atoms with E-state index in [4.69, 9.17) is 4.74 Å². The van der Waals surface area contributed by atoms with E-state index < -0.39 is 12.0 Å². The summed E-state index contributed by atoms with van der Waals surface area (Å²) in [6.45, 7) is 2.35. The number of para-hydroxylation sites is 1. The molecule has 2 aromatic rings. The molecule has 7 nitrogen and oxygen atoms in total. The normalized spacial score (nSPS) is 15.8. The van der Waals surface area contributed by atoms with Gasteiger partial charge in [-0.25, -0.2) is 9.59 Å². The van der Waals surface area contributed by atoms with Crippen LogP contribution in [-0.4, -0.2) is 46.8 Å². The first-order valence-electron chi connectivity index (χ1n) is 8.71. The minimum absolute atomic E-state index is 0.0196. The number of anilines is 1. The van der Waals surface area contributed by atoms with E-state index >= 15 is 0 Å². The lowest BCUT2D eigenvalue weighted by molar-refractivity contribution is -0.142. The highest BCUT2D eigenvalue weighted by Crippen LogP contribution is 2.37. The number of phenolic OH excluding ortho intramolecular Hbond substituents is 1. The van der Waals surface area contributed by atoms with Gasteiger partial charge >= 0.3 is 12.0 Å². The summed E-state index contributed by atoms with van der Waals surface area (Å²) < 4.78 is 5.11. The number of aliphatic carboxylic acids is 1. The van der Waals surface area contributed by atoms with Crippen LogP contribution < -0.4 is 9.64 Å². The van der Waals surface area contributed by atoms with Crippen molar-refractivity contribution < 1.29 is 24.5 Å². The molecule has 1 atom stereocenters. The molecular weight excluding hydrogens is 348 g/mol. The van der Waals surface area contributed by atoms with E-state index in [-0.39, 0.29) is 30.5 Å².